The number of nitrogens with one attached hydrogen (secondary N) is 1. The summed E-state index contributed by atoms with van der Waals surface area (Å²) in [5, 5.41) is 7.03. The maximum Gasteiger partial charge on any atom is 0.257 e. The Bertz CT molecular complexity index is 896. The number of benzene rings is 1. The molecular weight excluding hydrogens is 332 g/mol. The number of amides is 1. The highest BCUT2D eigenvalue weighted by Crippen LogP contribution is 2.24. The third-order valence-electron chi connectivity index (χ3n) is 4.34. The lowest BCUT2D eigenvalue weighted by Gasteiger charge is -2.19. The number of carbonyl (C=O) groups is 1. The van der Waals surface area contributed by atoms with Gasteiger partial charge >= 0.3 is 0 Å². The number of imidazole rings is 1. The van der Waals surface area contributed by atoms with Crippen molar-refractivity contribution in [2.24, 2.45) is 7.05 Å². The number of carbonyl (C=O) groups excluding carboxylic acids is 1. The molecule has 1 amide bonds. The Morgan fingerprint density at radius 2 is 2.08 bits per heavy atom. The summed E-state index contributed by atoms with van der Waals surface area (Å²) in [6.07, 6.45) is 4.18. The third-order valence-corrected chi connectivity index (χ3v) is 4.34. The molecule has 0 spiro atoms. The van der Waals surface area contributed by atoms with Crippen LogP contribution in [0.2, 0.25) is 0 Å². The van der Waals surface area contributed by atoms with E-state index >= 15 is 0 Å². The fourth-order valence-electron chi connectivity index (χ4n) is 2.90. The van der Waals surface area contributed by atoms with Crippen LogP contribution >= 0.6 is 0 Å². The molecule has 0 aliphatic rings. The quantitative estimate of drug-likeness (QED) is 0.736. The van der Waals surface area contributed by atoms with Gasteiger partial charge in [0.1, 0.15) is 28.9 Å². The van der Waals surface area contributed by atoms with Gasteiger partial charge in [-0.25, -0.2) is 4.98 Å². The molecular formula is C19H22N4O3. The second-order valence-corrected chi connectivity index (χ2v) is 5.99. The first-order chi connectivity index (χ1) is 12.5. The highest BCUT2D eigenvalue weighted by Gasteiger charge is 2.25. The molecule has 0 saturated heterocycles. The molecule has 0 unspecified atom stereocenters. The summed E-state index contributed by atoms with van der Waals surface area (Å²) in [7, 11) is 3.51. The lowest BCUT2D eigenvalue weighted by atomic mass is 10.0. The highest BCUT2D eigenvalue weighted by molar-refractivity contribution is 5.96. The van der Waals surface area contributed by atoms with Gasteiger partial charge in [-0.05, 0) is 31.0 Å². The molecule has 0 bridgehead atoms. The van der Waals surface area contributed by atoms with Crippen molar-refractivity contribution in [2.45, 2.75) is 26.3 Å². The Balaban J connectivity index is 1.97. The average Bonchev–Trinajstić information content (AvgIpc) is 3.25. The number of hydrogen-bond acceptors (Lipinski definition) is 5. The van der Waals surface area contributed by atoms with Crippen molar-refractivity contribution in [1.29, 1.82) is 0 Å². The Hall–Kier alpha value is -3.09. The van der Waals surface area contributed by atoms with Crippen LogP contribution in [0, 0.1) is 6.92 Å². The second kappa shape index (κ2) is 7.43. The van der Waals surface area contributed by atoms with E-state index in [1.807, 2.05) is 49.0 Å². The first kappa shape index (κ1) is 17.7. The van der Waals surface area contributed by atoms with E-state index in [0.717, 1.165) is 17.1 Å². The summed E-state index contributed by atoms with van der Waals surface area (Å²) in [5.41, 5.74) is 2.04. The SMILES string of the molecule is CCc1noc(C)c1C(=O)N[C@H](c1ccc(OC)cc1)c1nccn1C. The summed E-state index contributed by atoms with van der Waals surface area (Å²) >= 11 is 0. The lowest BCUT2D eigenvalue weighted by Crippen LogP contribution is -2.31. The van der Waals surface area contributed by atoms with Crippen LogP contribution in [0.25, 0.3) is 0 Å². The van der Waals surface area contributed by atoms with Gasteiger partial charge in [0.15, 0.2) is 0 Å². The molecule has 0 radical (unpaired) electrons. The van der Waals surface area contributed by atoms with Gasteiger partial charge in [-0.2, -0.15) is 0 Å². The minimum atomic E-state index is -0.410. The number of hydrogen-bond donors (Lipinski definition) is 1. The van der Waals surface area contributed by atoms with Gasteiger partial charge in [-0.3, -0.25) is 4.79 Å². The lowest BCUT2D eigenvalue weighted by molar-refractivity contribution is 0.0939. The van der Waals surface area contributed by atoms with Gasteiger partial charge in [0.25, 0.3) is 5.91 Å². The van der Waals surface area contributed by atoms with Crippen LogP contribution in [0.1, 0.15) is 46.2 Å². The standard InChI is InChI=1S/C19H22N4O3/c1-5-15-16(12(2)26-22-15)19(24)21-17(18-20-10-11-23(18)3)13-6-8-14(25-4)9-7-13/h6-11,17H,5H2,1-4H3,(H,21,24)/t17-/m1/s1. The molecule has 136 valence electrons. The predicted octanol–water partition coefficient (Wildman–Crippen LogP) is 2.81. The van der Waals surface area contributed by atoms with E-state index in [2.05, 4.69) is 15.5 Å². The van der Waals surface area contributed by atoms with Gasteiger partial charge in [-0.15, -0.1) is 0 Å². The topological polar surface area (TPSA) is 82.2 Å². The normalized spacial score (nSPS) is 12.0. The number of aryl methyl sites for hydroxylation is 3. The Kier molecular flexibility index (Phi) is 5.06. The molecule has 1 N–H and O–H groups in total. The molecule has 0 aliphatic heterocycles. The molecule has 7 heteroatoms. The van der Waals surface area contributed by atoms with Gasteiger partial charge < -0.3 is 19.1 Å². The summed E-state index contributed by atoms with van der Waals surface area (Å²) in [4.78, 5) is 17.4. The van der Waals surface area contributed by atoms with E-state index in [1.165, 1.54) is 0 Å². The summed E-state index contributed by atoms with van der Waals surface area (Å²) < 4.78 is 12.3. The predicted molar refractivity (Wildman–Crippen MR) is 96.1 cm³/mol. The number of methoxy groups -OCH3 is 1. The zero-order valence-corrected chi connectivity index (χ0v) is 15.3. The summed E-state index contributed by atoms with van der Waals surface area (Å²) in [5.74, 6) is 1.76. The zero-order chi connectivity index (χ0) is 18.7. The van der Waals surface area contributed by atoms with Gasteiger partial charge in [-0.1, -0.05) is 24.2 Å². The minimum Gasteiger partial charge on any atom is -0.497 e. The maximum atomic E-state index is 12.9. The Morgan fingerprint density at radius 3 is 2.65 bits per heavy atom. The van der Waals surface area contributed by atoms with Crippen LogP contribution in [0.15, 0.2) is 41.2 Å². The van der Waals surface area contributed by atoms with Crippen molar-refractivity contribution in [3.8, 4) is 5.75 Å². The number of nitrogens with zero attached hydrogens (tertiary/aromatic N) is 3. The number of ether oxygens (including phenoxy) is 1. The van der Waals surface area contributed by atoms with Gasteiger partial charge in [0.05, 0.1) is 12.8 Å². The van der Waals surface area contributed by atoms with Gasteiger partial charge in [0, 0.05) is 19.4 Å². The van der Waals surface area contributed by atoms with E-state index in [4.69, 9.17) is 9.26 Å². The minimum absolute atomic E-state index is 0.232. The molecule has 2 heterocycles. The Labute approximate surface area is 152 Å². The molecule has 0 fully saturated rings. The summed E-state index contributed by atoms with van der Waals surface area (Å²) in [6.45, 7) is 3.68. The van der Waals surface area contributed by atoms with Crippen molar-refractivity contribution in [1.82, 2.24) is 20.0 Å². The molecule has 0 saturated carbocycles. The molecule has 7 nitrogen and oxygen atoms in total. The Morgan fingerprint density at radius 1 is 1.35 bits per heavy atom. The van der Waals surface area contributed by atoms with Crippen molar-refractivity contribution < 1.29 is 14.1 Å². The van der Waals surface area contributed by atoms with Crippen molar-refractivity contribution in [3.05, 3.63) is 65.1 Å². The highest BCUT2D eigenvalue weighted by atomic mass is 16.5. The molecule has 26 heavy (non-hydrogen) atoms. The van der Waals surface area contributed by atoms with Crippen molar-refractivity contribution >= 4 is 5.91 Å². The van der Waals surface area contributed by atoms with E-state index < -0.39 is 6.04 Å². The van der Waals surface area contributed by atoms with Crippen LogP contribution in [0.4, 0.5) is 0 Å². The van der Waals surface area contributed by atoms with Crippen LogP contribution in [-0.2, 0) is 13.5 Å². The average molecular weight is 354 g/mol. The maximum absolute atomic E-state index is 12.9. The monoisotopic (exact) mass is 354 g/mol. The van der Waals surface area contributed by atoms with Crippen LogP contribution in [-0.4, -0.2) is 27.7 Å². The van der Waals surface area contributed by atoms with Crippen LogP contribution < -0.4 is 10.1 Å². The van der Waals surface area contributed by atoms with Gasteiger partial charge in [0.2, 0.25) is 0 Å². The largest absolute Gasteiger partial charge is 0.497 e. The smallest absolute Gasteiger partial charge is 0.257 e. The summed E-state index contributed by atoms with van der Waals surface area (Å²) in [6, 6.07) is 7.14. The number of rotatable bonds is 6. The molecule has 3 rings (SSSR count). The number of aromatic nitrogens is 3. The molecule has 0 aliphatic carbocycles. The first-order valence-corrected chi connectivity index (χ1v) is 8.42. The van der Waals surface area contributed by atoms with Crippen molar-refractivity contribution in [2.75, 3.05) is 7.11 Å². The van der Waals surface area contributed by atoms with E-state index in [-0.39, 0.29) is 5.91 Å². The molecule has 3 aromatic rings. The van der Waals surface area contributed by atoms with E-state index in [9.17, 15) is 4.79 Å². The first-order valence-electron chi connectivity index (χ1n) is 8.42. The van der Waals surface area contributed by atoms with Crippen molar-refractivity contribution in [3.63, 3.8) is 0 Å². The molecule has 1 atom stereocenters. The van der Waals surface area contributed by atoms with E-state index in [1.54, 1.807) is 20.2 Å². The van der Waals surface area contributed by atoms with Crippen LogP contribution in [0.5, 0.6) is 5.75 Å². The van der Waals surface area contributed by atoms with Crippen LogP contribution in [0.3, 0.4) is 0 Å². The van der Waals surface area contributed by atoms with E-state index in [0.29, 0.717) is 23.4 Å². The fourth-order valence-corrected chi connectivity index (χ4v) is 2.90. The fraction of sp³-hybridized carbons (Fsp3) is 0.316. The third kappa shape index (κ3) is 3.33. The molecule has 1 aromatic carbocycles. The molecule has 2 aromatic heterocycles. The second-order valence-electron chi connectivity index (χ2n) is 5.99. The zero-order valence-electron chi connectivity index (χ0n) is 15.3.